The number of rotatable bonds is 3. The van der Waals surface area contributed by atoms with Gasteiger partial charge < -0.3 is 4.84 Å². The second-order valence-electron chi connectivity index (χ2n) is 3.10. The SMILES string of the molecule is C=C(C)/C=C/C1=CCCC=C1ON. The van der Waals surface area contributed by atoms with Crippen molar-refractivity contribution in [1.29, 1.82) is 0 Å². The van der Waals surface area contributed by atoms with Gasteiger partial charge in [-0.25, -0.2) is 0 Å². The molecule has 2 N–H and O–H groups in total. The van der Waals surface area contributed by atoms with E-state index in [4.69, 9.17) is 10.7 Å². The van der Waals surface area contributed by atoms with Crippen LogP contribution in [0.4, 0.5) is 0 Å². The summed E-state index contributed by atoms with van der Waals surface area (Å²) in [6.07, 6.45) is 10.1. The van der Waals surface area contributed by atoms with Crippen LogP contribution >= 0.6 is 0 Å². The van der Waals surface area contributed by atoms with E-state index in [2.05, 4.69) is 12.7 Å². The average molecular weight is 177 g/mol. The third-order valence-electron chi connectivity index (χ3n) is 1.82. The molecule has 1 aliphatic carbocycles. The molecule has 0 atom stereocenters. The molecular formula is C11H15NO. The molecular weight excluding hydrogens is 162 g/mol. The Morgan fingerprint density at radius 3 is 2.85 bits per heavy atom. The molecule has 0 bridgehead atoms. The van der Waals surface area contributed by atoms with Crippen molar-refractivity contribution in [1.82, 2.24) is 0 Å². The zero-order valence-corrected chi connectivity index (χ0v) is 7.92. The number of allylic oxidation sites excluding steroid dienone is 5. The summed E-state index contributed by atoms with van der Waals surface area (Å²) in [5.74, 6) is 5.89. The fraction of sp³-hybridized carbons (Fsp3) is 0.273. The van der Waals surface area contributed by atoms with Crippen LogP contribution in [0.1, 0.15) is 19.8 Å². The van der Waals surface area contributed by atoms with Crippen LogP contribution in [0, 0.1) is 0 Å². The van der Waals surface area contributed by atoms with Crippen LogP contribution in [0.25, 0.3) is 0 Å². The minimum Gasteiger partial charge on any atom is -0.411 e. The van der Waals surface area contributed by atoms with E-state index in [0.29, 0.717) is 0 Å². The molecule has 0 radical (unpaired) electrons. The van der Waals surface area contributed by atoms with E-state index in [1.54, 1.807) is 0 Å². The quantitative estimate of drug-likeness (QED) is 0.531. The molecule has 0 aromatic rings. The van der Waals surface area contributed by atoms with Crippen molar-refractivity contribution in [2.24, 2.45) is 5.90 Å². The molecule has 0 saturated carbocycles. The van der Waals surface area contributed by atoms with Crippen molar-refractivity contribution in [2.75, 3.05) is 0 Å². The van der Waals surface area contributed by atoms with Gasteiger partial charge in [0, 0.05) is 5.57 Å². The Hall–Kier alpha value is -1.28. The van der Waals surface area contributed by atoms with Gasteiger partial charge in [-0.15, -0.1) is 0 Å². The monoisotopic (exact) mass is 177 g/mol. The third kappa shape index (κ3) is 2.92. The molecule has 0 saturated heterocycles. The molecule has 0 aromatic heterocycles. The fourth-order valence-corrected chi connectivity index (χ4v) is 1.17. The summed E-state index contributed by atoms with van der Waals surface area (Å²) in [6.45, 7) is 5.74. The van der Waals surface area contributed by atoms with Crippen LogP contribution < -0.4 is 5.90 Å². The van der Waals surface area contributed by atoms with E-state index in [-0.39, 0.29) is 0 Å². The van der Waals surface area contributed by atoms with E-state index in [1.165, 1.54) is 0 Å². The van der Waals surface area contributed by atoms with Crippen molar-refractivity contribution in [2.45, 2.75) is 19.8 Å². The van der Waals surface area contributed by atoms with Crippen LogP contribution in [0.5, 0.6) is 0 Å². The molecule has 13 heavy (non-hydrogen) atoms. The Morgan fingerprint density at radius 2 is 2.23 bits per heavy atom. The lowest BCUT2D eigenvalue weighted by Crippen LogP contribution is -2.03. The summed E-state index contributed by atoms with van der Waals surface area (Å²) in [7, 11) is 0. The highest BCUT2D eigenvalue weighted by molar-refractivity contribution is 5.39. The van der Waals surface area contributed by atoms with Gasteiger partial charge in [-0.2, -0.15) is 5.90 Å². The molecule has 0 fully saturated rings. The second kappa shape index (κ2) is 4.67. The molecule has 0 aromatic carbocycles. The Balaban J connectivity index is 2.73. The summed E-state index contributed by atoms with van der Waals surface area (Å²) in [5, 5.41) is 0. The first kappa shape index (κ1) is 9.81. The van der Waals surface area contributed by atoms with E-state index in [0.717, 1.165) is 29.7 Å². The molecule has 70 valence electrons. The van der Waals surface area contributed by atoms with Gasteiger partial charge in [-0.1, -0.05) is 30.4 Å². The van der Waals surface area contributed by atoms with E-state index >= 15 is 0 Å². The molecule has 0 unspecified atom stereocenters. The highest BCUT2D eigenvalue weighted by Crippen LogP contribution is 2.19. The zero-order chi connectivity index (χ0) is 9.68. The minimum atomic E-state index is 0.753. The Labute approximate surface area is 79.0 Å². The largest absolute Gasteiger partial charge is 0.411 e. The molecule has 1 aliphatic rings. The lowest BCUT2D eigenvalue weighted by atomic mass is 10.0. The van der Waals surface area contributed by atoms with E-state index in [9.17, 15) is 0 Å². The van der Waals surface area contributed by atoms with Crippen molar-refractivity contribution in [3.63, 3.8) is 0 Å². The lowest BCUT2D eigenvalue weighted by molar-refractivity contribution is 0.228. The molecule has 1 rings (SSSR count). The fourth-order valence-electron chi connectivity index (χ4n) is 1.17. The van der Waals surface area contributed by atoms with E-state index < -0.39 is 0 Å². The molecule has 0 spiro atoms. The van der Waals surface area contributed by atoms with Crippen molar-refractivity contribution in [3.05, 3.63) is 47.8 Å². The summed E-state index contributed by atoms with van der Waals surface area (Å²) in [4.78, 5) is 4.75. The lowest BCUT2D eigenvalue weighted by Gasteiger charge is -2.10. The van der Waals surface area contributed by atoms with Gasteiger partial charge in [0.2, 0.25) is 0 Å². The standard InChI is InChI=1S/C11H15NO/c1-9(2)7-8-10-5-3-4-6-11(10)13-12/h5-8H,1,3-4,12H2,2H3/b8-7+. The highest BCUT2D eigenvalue weighted by atomic mass is 16.6. The number of nitrogens with two attached hydrogens (primary N) is 1. The van der Waals surface area contributed by atoms with Crippen LogP contribution in [0.2, 0.25) is 0 Å². The average Bonchev–Trinajstić information content (AvgIpc) is 2.15. The molecule has 0 aliphatic heterocycles. The molecule has 2 heteroatoms. The first-order chi connectivity index (χ1) is 6.24. The van der Waals surface area contributed by atoms with Crippen molar-refractivity contribution in [3.8, 4) is 0 Å². The Morgan fingerprint density at radius 1 is 1.54 bits per heavy atom. The maximum atomic E-state index is 5.13. The van der Waals surface area contributed by atoms with Gasteiger partial charge in [-0.05, 0) is 25.8 Å². The summed E-state index contributed by atoms with van der Waals surface area (Å²) in [5.41, 5.74) is 2.06. The third-order valence-corrected chi connectivity index (χ3v) is 1.82. The van der Waals surface area contributed by atoms with Crippen LogP contribution in [-0.4, -0.2) is 0 Å². The summed E-state index contributed by atoms with van der Waals surface area (Å²) in [6, 6.07) is 0. The van der Waals surface area contributed by atoms with E-state index in [1.807, 2.05) is 25.2 Å². The van der Waals surface area contributed by atoms with Gasteiger partial charge in [0.05, 0.1) is 0 Å². The van der Waals surface area contributed by atoms with Gasteiger partial charge in [0.15, 0.2) is 0 Å². The molecule has 0 heterocycles. The Bertz CT molecular complexity index is 284. The number of hydrogen-bond donors (Lipinski definition) is 1. The topological polar surface area (TPSA) is 35.2 Å². The maximum absolute atomic E-state index is 5.13. The first-order valence-corrected chi connectivity index (χ1v) is 4.35. The van der Waals surface area contributed by atoms with Crippen LogP contribution in [0.15, 0.2) is 47.8 Å². The number of hydrogen-bond acceptors (Lipinski definition) is 2. The van der Waals surface area contributed by atoms with Gasteiger partial charge >= 0.3 is 0 Å². The first-order valence-electron chi connectivity index (χ1n) is 4.35. The molecule has 0 amide bonds. The van der Waals surface area contributed by atoms with Crippen molar-refractivity contribution < 1.29 is 4.84 Å². The van der Waals surface area contributed by atoms with Gasteiger partial charge in [0.25, 0.3) is 0 Å². The maximum Gasteiger partial charge on any atom is 0.149 e. The molecule has 2 nitrogen and oxygen atoms in total. The minimum absolute atomic E-state index is 0.753. The summed E-state index contributed by atoms with van der Waals surface area (Å²) < 4.78 is 0. The summed E-state index contributed by atoms with van der Waals surface area (Å²) >= 11 is 0. The normalized spacial score (nSPS) is 16.8. The Kier molecular flexibility index (Phi) is 3.53. The van der Waals surface area contributed by atoms with Crippen LogP contribution in [0.3, 0.4) is 0 Å². The predicted molar refractivity (Wildman–Crippen MR) is 54.6 cm³/mol. The zero-order valence-electron chi connectivity index (χ0n) is 7.92. The second-order valence-corrected chi connectivity index (χ2v) is 3.10. The van der Waals surface area contributed by atoms with Crippen LogP contribution in [-0.2, 0) is 4.84 Å². The predicted octanol–water partition coefficient (Wildman–Crippen LogP) is 2.61. The van der Waals surface area contributed by atoms with Gasteiger partial charge in [-0.3, -0.25) is 0 Å². The smallest absolute Gasteiger partial charge is 0.149 e. The van der Waals surface area contributed by atoms with Crippen molar-refractivity contribution >= 4 is 0 Å². The highest BCUT2D eigenvalue weighted by Gasteiger charge is 2.05. The van der Waals surface area contributed by atoms with Gasteiger partial charge in [0.1, 0.15) is 5.76 Å².